The number of benzene rings is 1. The molecule has 1 aromatic carbocycles. The maximum atomic E-state index is 12.3. The van der Waals surface area contributed by atoms with Crippen molar-refractivity contribution in [2.45, 2.75) is 11.8 Å². The number of aromatic nitrogens is 1. The SMILES string of the molecule is COc1ccc(S(=O)(=O)N(C)C)cc1NC(=O)COc1ccc(C)nc1[N+](=O)[O-]. The molecule has 2 rings (SSSR count). The zero-order valence-electron chi connectivity index (χ0n) is 16.2. The average molecular weight is 424 g/mol. The molecule has 1 amide bonds. The van der Waals surface area contributed by atoms with Crippen molar-refractivity contribution in [2.24, 2.45) is 0 Å². The first-order chi connectivity index (χ1) is 13.6. The van der Waals surface area contributed by atoms with Crippen LogP contribution in [-0.4, -0.2) is 56.3 Å². The van der Waals surface area contributed by atoms with Crippen LogP contribution >= 0.6 is 0 Å². The Morgan fingerprint density at radius 1 is 1.24 bits per heavy atom. The van der Waals surface area contributed by atoms with E-state index in [0.29, 0.717) is 5.69 Å². The Kier molecular flexibility index (Phi) is 6.72. The van der Waals surface area contributed by atoms with Gasteiger partial charge in [0.05, 0.1) is 17.7 Å². The number of aryl methyl sites for hydroxylation is 1. The zero-order valence-corrected chi connectivity index (χ0v) is 17.0. The van der Waals surface area contributed by atoms with Gasteiger partial charge in [0, 0.05) is 21.0 Å². The van der Waals surface area contributed by atoms with Crippen LogP contribution in [0.3, 0.4) is 0 Å². The molecule has 1 heterocycles. The van der Waals surface area contributed by atoms with E-state index in [1.807, 2.05) is 0 Å². The van der Waals surface area contributed by atoms with Crippen LogP contribution in [0, 0.1) is 17.0 Å². The van der Waals surface area contributed by atoms with Crippen LogP contribution in [0.4, 0.5) is 11.5 Å². The number of nitrogens with zero attached hydrogens (tertiary/aromatic N) is 3. The summed E-state index contributed by atoms with van der Waals surface area (Å²) in [4.78, 5) is 26.3. The molecule has 0 radical (unpaired) electrons. The Morgan fingerprint density at radius 2 is 1.90 bits per heavy atom. The normalized spacial score (nSPS) is 11.2. The number of sulfonamides is 1. The fourth-order valence-corrected chi connectivity index (χ4v) is 3.19. The molecule has 0 aliphatic heterocycles. The van der Waals surface area contributed by atoms with Gasteiger partial charge >= 0.3 is 5.82 Å². The second kappa shape index (κ2) is 8.84. The molecule has 0 saturated heterocycles. The Bertz CT molecular complexity index is 1040. The predicted octanol–water partition coefficient (Wildman–Crippen LogP) is 1.57. The van der Waals surface area contributed by atoms with E-state index < -0.39 is 33.3 Å². The fourth-order valence-electron chi connectivity index (χ4n) is 2.26. The molecule has 0 unspecified atom stereocenters. The number of carbonyl (C=O) groups excluding carboxylic acids is 1. The van der Waals surface area contributed by atoms with Gasteiger partial charge in [0.1, 0.15) is 11.4 Å². The predicted molar refractivity (Wildman–Crippen MR) is 104 cm³/mol. The molecule has 11 nitrogen and oxygen atoms in total. The second-order valence-electron chi connectivity index (χ2n) is 6.02. The quantitative estimate of drug-likeness (QED) is 0.497. The third-order valence-corrected chi connectivity index (χ3v) is 5.54. The first-order valence-corrected chi connectivity index (χ1v) is 9.65. The number of pyridine rings is 1. The van der Waals surface area contributed by atoms with Crippen LogP contribution in [0.2, 0.25) is 0 Å². The summed E-state index contributed by atoms with van der Waals surface area (Å²) in [6.07, 6.45) is 0. The van der Waals surface area contributed by atoms with Crippen molar-refractivity contribution in [2.75, 3.05) is 33.1 Å². The minimum Gasteiger partial charge on any atom is -0.495 e. The first-order valence-electron chi connectivity index (χ1n) is 8.21. The van der Waals surface area contributed by atoms with Gasteiger partial charge in [-0.25, -0.2) is 12.7 Å². The van der Waals surface area contributed by atoms with Gasteiger partial charge in [0.15, 0.2) is 6.61 Å². The van der Waals surface area contributed by atoms with Crippen LogP contribution in [0.25, 0.3) is 0 Å². The van der Waals surface area contributed by atoms with E-state index in [1.165, 1.54) is 51.5 Å². The Hall–Kier alpha value is -3.25. The van der Waals surface area contributed by atoms with E-state index in [1.54, 1.807) is 6.92 Å². The minimum absolute atomic E-state index is 0.0436. The van der Waals surface area contributed by atoms with E-state index in [-0.39, 0.29) is 22.1 Å². The van der Waals surface area contributed by atoms with Crippen molar-refractivity contribution in [3.8, 4) is 11.5 Å². The van der Waals surface area contributed by atoms with Gasteiger partial charge in [-0.3, -0.25) is 4.79 Å². The van der Waals surface area contributed by atoms with E-state index >= 15 is 0 Å². The van der Waals surface area contributed by atoms with Crippen molar-refractivity contribution in [1.82, 2.24) is 9.29 Å². The number of anilines is 1. The first kappa shape index (κ1) is 22.0. The smallest absolute Gasteiger partial charge is 0.406 e. The van der Waals surface area contributed by atoms with Crippen molar-refractivity contribution in [3.05, 3.63) is 46.1 Å². The molecule has 1 aromatic heterocycles. The van der Waals surface area contributed by atoms with Crippen molar-refractivity contribution < 1.29 is 27.6 Å². The summed E-state index contributed by atoms with van der Waals surface area (Å²) >= 11 is 0. The summed E-state index contributed by atoms with van der Waals surface area (Å²) < 4.78 is 36.0. The maximum Gasteiger partial charge on any atom is 0.406 e. The highest BCUT2D eigenvalue weighted by molar-refractivity contribution is 7.89. The molecule has 12 heteroatoms. The van der Waals surface area contributed by atoms with Crippen LogP contribution in [0.1, 0.15) is 5.69 Å². The van der Waals surface area contributed by atoms with Crippen LogP contribution in [-0.2, 0) is 14.8 Å². The molecule has 0 atom stereocenters. The third-order valence-electron chi connectivity index (χ3n) is 3.73. The molecule has 0 bridgehead atoms. The lowest BCUT2D eigenvalue weighted by atomic mass is 10.3. The number of amides is 1. The topological polar surface area (TPSA) is 141 Å². The van der Waals surface area contributed by atoms with Gasteiger partial charge in [-0.1, -0.05) is 0 Å². The number of hydrogen-bond acceptors (Lipinski definition) is 8. The fraction of sp³-hybridized carbons (Fsp3) is 0.294. The molecule has 2 aromatic rings. The molecule has 0 spiro atoms. The summed E-state index contributed by atoms with van der Waals surface area (Å²) in [6.45, 7) is 1.03. The standard InChI is InChI=1S/C17H20N4O7S/c1-11-5-7-15(17(18-11)21(23)24)28-10-16(22)19-13-9-12(6-8-14(13)27-4)29(25,26)20(2)3/h5-9H,10H2,1-4H3,(H,19,22). The van der Waals surface area contributed by atoms with Gasteiger partial charge in [0.2, 0.25) is 15.8 Å². The van der Waals surface area contributed by atoms with Crippen molar-refractivity contribution >= 4 is 27.4 Å². The summed E-state index contributed by atoms with van der Waals surface area (Å²) in [6, 6.07) is 6.86. The van der Waals surface area contributed by atoms with Gasteiger partial charge in [-0.2, -0.15) is 0 Å². The van der Waals surface area contributed by atoms with E-state index in [4.69, 9.17) is 9.47 Å². The lowest BCUT2D eigenvalue weighted by molar-refractivity contribution is -0.390. The highest BCUT2D eigenvalue weighted by Gasteiger charge is 2.21. The van der Waals surface area contributed by atoms with Crippen LogP contribution in [0.5, 0.6) is 11.5 Å². The molecule has 29 heavy (non-hydrogen) atoms. The van der Waals surface area contributed by atoms with E-state index in [2.05, 4.69) is 10.3 Å². The number of nitrogens with one attached hydrogen (secondary N) is 1. The van der Waals surface area contributed by atoms with Crippen LogP contribution < -0.4 is 14.8 Å². The number of ether oxygens (including phenoxy) is 2. The molecule has 1 N–H and O–H groups in total. The summed E-state index contributed by atoms with van der Waals surface area (Å²) in [5, 5.41) is 13.5. The van der Waals surface area contributed by atoms with Crippen LogP contribution in [0.15, 0.2) is 35.2 Å². The molecule has 0 aliphatic carbocycles. The molecule has 156 valence electrons. The summed E-state index contributed by atoms with van der Waals surface area (Å²) in [5.41, 5.74) is 0.540. The Balaban J connectivity index is 2.20. The minimum atomic E-state index is -3.72. The zero-order chi connectivity index (χ0) is 21.8. The van der Waals surface area contributed by atoms with E-state index in [0.717, 1.165) is 4.31 Å². The maximum absolute atomic E-state index is 12.3. The monoisotopic (exact) mass is 424 g/mol. The van der Waals surface area contributed by atoms with Gasteiger partial charge in [0.25, 0.3) is 5.91 Å². The summed E-state index contributed by atoms with van der Waals surface area (Å²) in [7, 11) is 0.408. The van der Waals surface area contributed by atoms with Gasteiger partial charge < -0.3 is 24.9 Å². The van der Waals surface area contributed by atoms with Crippen molar-refractivity contribution in [1.29, 1.82) is 0 Å². The number of rotatable bonds is 8. The third kappa shape index (κ3) is 5.18. The molecule has 0 saturated carbocycles. The van der Waals surface area contributed by atoms with Gasteiger partial charge in [-0.05, 0) is 40.2 Å². The Morgan fingerprint density at radius 3 is 2.48 bits per heavy atom. The largest absolute Gasteiger partial charge is 0.495 e. The lowest BCUT2D eigenvalue weighted by Crippen LogP contribution is -2.23. The number of methoxy groups -OCH3 is 1. The number of hydrogen-bond donors (Lipinski definition) is 1. The van der Waals surface area contributed by atoms with E-state index in [9.17, 15) is 23.3 Å². The number of nitro groups is 1. The van der Waals surface area contributed by atoms with Crippen molar-refractivity contribution in [3.63, 3.8) is 0 Å². The highest BCUT2D eigenvalue weighted by Crippen LogP contribution is 2.29. The molecule has 0 fully saturated rings. The lowest BCUT2D eigenvalue weighted by Gasteiger charge is -2.15. The van der Waals surface area contributed by atoms with Gasteiger partial charge in [-0.15, -0.1) is 0 Å². The Labute approximate surface area is 167 Å². The molecule has 0 aliphatic rings. The number of carbonyl (C=O) groups is 1. The summed E-state index contributed by atoms with van der Waals surface area (Å²) in [5.74, 6) is -1.10. The average Bonchev–Trinajstić information content (AvgIpc) is 2.66. The second-order valence-corrected chi connectivity index (χ2v) is 8.17. The molecular weight excluding hydrogens is 404 g/mol. The highest BCUT2D eigenvalue weighted by atomic mass is 32.2. The molecular formula is C17H20N4O7S.